The molecule has 1 amide bonds. The van der Waals surface area contributed by atoms with Gasteiger partial charge in [0.15, 0.2) is 11.5 Å². The Labute approximate surface area is 174 Å². The van der Waals surface area contributed by atoms with Gasteiger partial charge in [-0.25, -0.2) is 5.43 Å². The van der Waals surface area contributed by atoms with Gasteiger partial charge < -0.3 is 18.7 Å². The Morgan fingerprint density at radius 3 is 2.78 bits per heavy atom. The molecule has 1 N–H and O–H groups in total. The molecule has 0 saturated carbocycles. The zero-order chi connectivity index (χ0) is 15.7. The number of nitrogens with zero attached hydrogens (tertiary/aromatic N) is 1. The molecule has 0 atom stereocenters. The zero-order valence-corrected chi connectivity index (χ0v) is 16.0. The molecule has 2 aromatic rings. The Kier molecular flexibility index (Phi) is 5.98. The van der Waals surface area contributed by atoms with Crippen LogP contribution in [0.15, 0.2) is 32.3 Å². The summed E-state index contributed by atoms with van der Waals surface area (Å²) < 4.78 is 10.3. The van der Waals surface area contributed by atoms with Crippen molar-refractivity contribution in [3.05, 3.63) is 46.8 Å². The molecule has 7 nitrogen and oxygen atoms in total. The van der Waals surface area contributed by atoms with Crippen LogP contribution < -0.4 is 61.9 Å². The Morgan fingerprint density at radius 2 is 2.13 bits per heavy atom. The van der Waals surface area contributed by atoms with Gasteiger partial charge in [0.25, 0.3) is 0 Å². The van der Waals surface area contributed by atoms with Crippen LogP contribution in [0.2, 0.25) is 0 Å². The molecular formula is C15H13KN2O5. The summed E-state index contributed by atoms with van der Waals surface area (Å²) >= 11 is 0. The van der Waals surface area contributed by atoms with E-state index in [0.29, 0.717) is 35.4 Å². The topological polar surface area (TPSA) is 108 Å². The van der Waals surface area contributed by atoms with Crippen LogP contribution in [0.5, 0.6) is 0 Å². The first kappa shape index (κ1) is 18.1. The predicted octanol–water partition coefficient (Wildman–Crippen LogP) is -1.98. The second kappa shape index (κ2) is 7.58. The first-order valence-corrected chi connectivity index (χ1v) is 6.82. The van der Waals surface area contributed by atoms with Crippen LogP contribution in [0.25, 0.3) is 0 Å². The number of hydrazone groups is 1. The van der Waals surface area contributed by atoms with Crippen molar-refractivity contribution < 1.29 is 74.9 Å². The van der Waals surface area contributed by atoms with Gasteiger partial charge in [-0.05, 0) is 31.9 Å². The number of carboxylic acids is 1. The van der Waals surface area contributed by atoms with Crippen molar-refractivity contribution >= 4 is 17.6 Å². The van der Waals surface area contributed by atoms with Crippen molar-refractivity contribution in [1.29, 1.82) is 0 Å². The van der Waals surface area contributed by atoms with Gasteiger partial charge >= 0.3 is 57.3 Å². The van der Waals surface area contributed by atoms with E-state index in [1.807, 2.05) is 0 Å². The van der Waals surface area contributed by atoms with Crippen molar-refractivity contribution in [3.63, 3.8) is 0 Å². The molecule has 1 aliphatic carbocycles. The van der Waals surface area contributed by atoms with E-state index in [9.17, 15) is 14.7 Å². The van der Waals surface area contributed by atoms with Gasteiger partial charge in [0.1, 0.15) is 11.7 Å². The molecule has 114 valence electrons. The van der Waals surface area contributed by atoms with Crippen molar-refractivity contribution in [2.24, 2.45) is 5.10 Å². The molecule has 0 aromatic carbocycles. The van der Waals surface area contributed by atoms with Gasteiger partial charge in [-0.1, -0.05) is 0 Å². The molecule has 23 heavy (non-hydrogen) atoms. The second-order valence-corrected chi connectivity index (χ2v) is 4.97. The van der Waals surface area contributed by atoms with Crippen LogP contribution in [0.1, 0.15) is 50.8 Å². The van der Waals surface area contributed by atoms with E-state index >= 15 is 0 Å². The minimum absolute atomic E-state index is 0. The maximum absolute atomic E-state index is 11.8. The number of carboxylic acid groups (broad SMARTS) is 1. The fourth-order valence-electron chi connectivity index (χ4n) is 2.56. The number of hydrogen-bond acceptors (Lipinski definition) is 6. The molecule has 0 aliphatic heterocycles. The summed E-state index contributed by atoms with van der Waals surface area (Å²) in [6, 6.07) is 3.13. The van der Waals surface area contributed by atoms with E-state index in [1.165, 1.54) is 12.3 Å². The maximum Gasteiger partial charge on any atom is 1.00 e. The number of carbonyl (C=O) groups excluding carboxylic acids is 2. The van der Waals surface area contributed by atoms with E-state index in [1.54, 1.807) is 13.0 Å². The van der Waals surface area contributed by atoms with E-state index in [-0.39, 0.29) is 62.9 Å². The van der Waals surface area contributed by atoms with E-state index < -0.39 is 11.9 Å². The van der Waals surface area contributed by atoms with Crippen molar-refractivity contribution in [2.45, 2.75) is 26.2 Å². The van der Waals surface area contributed by atoms with Gasteiger partial charge in [-0.15, -0.1) is 0 Å². The standard InChI is InChI=1S/C15H14N2O5.K/c1-8-12-9(16-17-14(18)11-6-3-7-21-11)4-2-5-10(12)22-13(8)15(19)20;/h3,6-7H,2,4-5H2,1H3,(H,17,18)(H,19,20);/q;+1/p-1/b16-9+;. The molecule has 0 bridgehead atoms. The fourth-order valence-corrected chi connectivity index (χ4v) is 2.56. The summed E-state index contributed by atoms with van der Waals surface area (Å²) in [5, 5.41) is 15.1. The van der Waals surface area contributed by atoms with Crippen LogP contribution in [0, 0.1) is 6.92 Å². The number of nitrogens with one attached hydrogen (secondary N) is 1. The van der Waals surface area contributed by atoms with Crippen molar-refractivity contribution in [1.82, 2.24) is 5.43 Å². The monoisotopic (exact) mass is 340 g/mol. The molecule has 2 heterocycles. The Balaban J connectivity index is 0.00000192. The van der Waals surface area contributed by atoms with Crippen LogP contribution in [-0.4, -0.2) is 17.6 Å². The molecular weight excluding hydrogens is 327 g/mol. The molecule has 3 rings (SSSR count). The fraction of sp³-hybridized carbons (Fsp3) is 0.267. The first-order valence-electron chi connectivity index (χ1n) is 6.82. The van der Waals surface area contributed by atoms with Gasteiger partial charge in [0.05, 0.1) is 12.0 Å². The smallest absolute Gasteiger partial charge is 0.542 e. The van der Waals surface area contributed by atoms with E-state index in [2.05, 4.69) is 10.5 Å². The van der Waals surface area contributed by atoms with Crippen LogP contribution >= 0.6 is 0 Å². The number of fused-ring (bicyclic) bond motifs is 1. The average molecular weight is 340 g/mol. The summed E-state index contributed by atoms with van der Waals surface area (Å²) in [4.78, 5) is 22.9. The van der Waals surface area contributed by atoms with E-state index in [4.69, 9.17) is 8.83 Å². The number of rotatable bonds is 3. The van der Waals surface area contributed by atoms with Gasteiger partial charge in [-0.3, -0.25) is 4.79 Å². The maximum atomic E-state index is 11.8. The van der Waals surface area contributed by atoms with Crippen molar-refractivity contribution in [2.75, 3.05) is 0 Å². The summed E-state index contributed by atoms with van der Waals surface area (Å²) in [5.74, 6) is -1.29. The van der Waals surface area contributed by atoms with Crippen LogP contribution in [-0.2, 0) is 6.42 Å². The number of aryl methyl sites for hydroxylation is 1. The number of hydrogen-bond donors (Lipinski definition) is 1. The third kappa shape index (κ3) is 3.67. The Hall–Kier alpha value is -1.19. The first-order chi connectivity index (χ1) is 10.6. The van der Waals surface area contributed by atoms with Gasteiger partial charge in [-0.2, -0.15) is 5.10 Å². The minimum Gasteiger partial charge on any atom is -0.542 e. The normalized spacial score (nSPS) is 14.9. The van der Waals surface area contributed by atoms with Crippen molar-refractivity contribution in [3.8, 4) is 0 Å². The minimum atomic E-state index is -1.36. The number of furan rings is 2. The average Bonchev–Trinajstić information content (AvgIpc) is 3.13. The molecule has 8 heteroatoms. The predicted molar refractivity (Wildman–Crippen MR) is 73.4 cm³/mol. The molecule has 0 radical (unpaired) electrons. The number of aromatic carboxylic acids is 1. The third-order valence-corrected chi connectivity index (χ3v) is 3.55. The van der Waals surface area contributed by atoms with Crippen LogP contribution in [0.3, 0.4) is 0 Å². The van der Waals surface area contributed by atoms with Gasteiger partial charge in [0.2, 0.25) is 0 Å². The summed E-state index contributed by atoms with van der Waals surface area (Å²) in [6.07, 6.45) is 3.42. The molecule has 0 unspecified atom stereocenters. The Morgan fingerprint density at radius 1 is 1.35 bits per heavy atom. The molecule has 0 saturated heterocycles. The third-order valence-electron chi connectivity index (χ3n) is 3.55. The molecule has 2 aromatic heterocycles. The van der Waals surface area contributed by atoms with Gasteiger partial charge in [0, 0.05) is 17.5 Å². The largest absolute Gasteiger partial charge is 1.00 e. The SMILES string of the molecule is Cc1c(C(=O)[O-])oc2c1/C(=N/NC(=O)c1ccco1)CCC2.[K+]. The number of carbonyl (C=O) groups is 2. The molecule has 1 aliphatic rings. The zero-order valence-electron chi connectivity index (χ0n) is 12.8. The van der Waals surface area contributed by atoms with Crippen LogP contribution in [0.4, 0.5) is 0 Å². The molecule has 0 fully saturated rings. The quantitative estimate of drug-likeness (QED) is 0.515. The number of amides is 1. The van der Waals surface area contributed by atoms with E-state index in [0.717, 1.165) is 6.42 Å². The second-order valence-electron chi connectivity index (χ2n) is 4.97. The summed E-state index contributed by atoms with van der Waals surface area (Å²) in [5.41, 5.74) is 4.12. The Bertz CT molecular complexity index is 761. The molecule has 0 spiro atoms. The summed E-state index contributed by atoms with van der Waals surface area (Å²) in [6.45, 7) is 1.64. The summed E-state index contributed by atoms with van der Waals surface area (Å²) in [7, 11) is 0.